The molecule has 2 rings (SSSR count). The molecule has 1 aliphatic heterocycles. The van der Waals surface area contributed by atoms with Gasteiger partial charge in [-0.1, -0.05) is 0 Å². The van der Waals surface area contributed by atoms with Crippen LogP contribution in [0.15, 0.2) is 18.3 Å². The van der Waals surface area contributed by atoms with E-state index in [2.05, 4.69) is 47.2 Å². The summed E-state index contributed by atoms with van der Waals surface area (Å²) >= 11 is 0. The van der Waals surface area contributed by atoms with Gasteiger partial charge in [0.2, 0.25) is 0 Å². The molecule has 1 aliphatic rings. The monoisotopic (exact) mass is 248 g/mol. The van der Waals surface area contributed by atoms with Gasteiger partial charge in [0.05, 0.1) is 5.69 Å². The fourth-order valence-electron chi connectivity index (χ4n) is 2.50. The van der Waals surface area contributed by atoms with Crippen LogP contribution in [0, 0.1) is 0 Å². The van der Waals surface area contributed by atoms with Crippen LogP contribution in [0.5, 0.6) is 0 Å². The number of rotatable bonds is 4. The summed E-state index contributed by atoms with van der Waals surface area (Å²) in [5, 5.41) is 3.41. The zero-order valence-corrected chi connectivity index (χ0v) is 11.7. The first-order valence-corrected chi connectivity index (χ1v) is 6.83. The van der Waals surface area contributed by atoms with Gasteiger partial charge in [0.25, 0.3) is 0 Å². The lowest BCUT2D eigenvalue weighted by molar-refractivity contribution is 0.442. The van der Waals surface area contributed by atoms with Crippen LogP contribution in [0.25, 0.3) is 0 Å². The van der Waals surface area contributed by atoms with E-state index in [-0.39, 0.29) is 0 Å². The number of aromatic nitrogens is 1. The largest absolute Gasteiger partial charge is 0.372 e. The van der Waals surface area contributed by atoms with Crippen molar-refractivity contribution < 1.29 is 0 Å². The number of nitrogens with one attached hydrogen (secondary N) is 1. The highest BCUT2D eigenvalue weighted by Crippen LogP contribution is 2.28. The lowest BCUT2D eigenvalue weighted by Crippen LogP contribution is -2.42. The molecule has 0 amide bonds. The molecular weight excluding hydrogens is 224 g/mol. The van der Waals surface area contributed by atoms with Crippen LogP contribution in [0.3, 0.4) is 0 Å². The summed E-state index contributed by atoms with van der Waals surface area (Å²) < 4.78 is 0. The van der Waals surface area contributed by atoms with Crippen molar-refractivity contribution in [2.24, 2.45) is 0 Å². The first-order valence-electron chi connectivity index (χ1n) is 6.83. The summed E-state index contributed by atoms with van der Waals surface area (Å²) in [6.07, 6.45) is 4.28. The van der Waals surface area contributed by atoms with E-state index in [0.717, 1.165) is 25.5 Å². The van der Waals surface area contributed by atoms with Crippen LogP contribution in [0.1, 0.15) is 19.8 Å². The normalized spacial score (nSPS) is 16.6. The van der Waals surface area contributed by atoms with Crippen molar-refractivity contribution in [2.45, 2.75) is 25.8 Å². The Labute approximate surface area is 110 Å². The SMILES string of the molecule is CCN(C)c1cccnc1N(C)C1CCNCC1. The van der Waals surface area contributed by atoms with Crippen molar-refractivity contribution in [3.05, 3.63) is 18.3 Å². The Kier molecular flexibility index (Phi) is 4.42. The van der Waals surface area contributed by atoms with Gasteiger partial charge in [0.15, 0.2) is 5.82 Å². The van der Waals surface area contributed by atoms with E-state index in [9.17, 15) is 0 Å². The van der Waals surface area contributed by atoms with E-state index in [1.165, 1.54) is 18.5 Å². The van der Waals surface area contributed by atoms with Crippen LogP contribution >= 0.6 is 0 Å². The second kappa shape index (κ2) is 6.05. The average Bonchev–Trinajstić information content (AvgIpc) is 2.46. The fraction of sp³-hybridized carbons (Fsp3) is 0.643. The Morgan fingerprint density at radius 1 is 1.33 bits per heavy atom. The lowest BCUT2D eigenvalue weighted by atomic mass is 10.1. The van der Waals surface area contributed by atoms with E-state index >= 15 is 0 Å². The highest BCUT2D eigenvalue weighted by molar-refractivity contribution is 5.66. The van der Waals surface area contributed by atoms with E-state index in [1.54, 1.807) is 0 Å². The maximum atomic E-state index is 4.59. The molecule has 1 N–H and O–H groups in total. The molecule has 0 aromatic carbocycles. The topological polar surface area (TPSA) is 31.4 Å². The third kappa shape index (κ3) is 2.75. The van der Waals surface area contributed by atoms with E-state index in [4.69, 9.17) is 0 Å². The molecule has 4 heteroatoms. The minimum absolute atomic E-state index is 0.602. The Bertz CT molecular complexity index is 374. The van der Waals surface area contributed by atoms with Crippen molar-refractivity contribution in [3.63, 3.8) is 0 Å². The fourth-order valence-corrected chi connectivity index (χ4v) is 2.50. The first-order chi connectivity index (χ1) is 8.74. The maximum Gasteiger partial charge on any atom is 0.152 e. The molecule has 18 heavy (non-hydrogen) atoms. The van der Waals surface area contributed by atoms with Crippen LogP contribution in [0.2, 0.25) is 0 Å². The van der Waals surface area contributed by atoms with Crippen molar-refractivity contribution in [3.8, 4) is 0 Å². The summed E-state index contributed by atoms with van der Waals surface area (Å²) in [5.74, 6) is 1.11. The van der Waals surface area contributed by atoms with Crippen molar-refractivity contribution in [1.82, 2.24) is 10.3 Å². The smallest absolute Gasteiger partial charge is 0.152 e. The van der Waals surface area contributed by atoms with Gasteiger partial charge in [-0.15, -0.1) is 0 Å². The van der Waals surface area contributed by atoms with Crippen LogP contribution < -0.4 is 15.1 Å². The van der Waals surface area contributed by atoms with Gasteiger partial charge in [-0.25, -0.2) is 4.98 Å². The van der Waals surface area contributed by atoms with Crippen LogP contribution in [0.4, 0.5) is 11.5 Å². The molecule has 1 aromatic heterocycles. The average molecular weight is 248 g/mol. The van der Waals surface area contributed by atoms with E-state index in [0.29, 0.717) is 6.04 Å². The third-order valence-corrected chi connectivity index (χ3v) is 3.84. The molecule has 0 unspecified atom stereocenters. The molecule has 100 valence electrons. The summed E-state index contributed by atoms with van der Waals surface area (Å²) in [6, 6.07) is 4.77. The summed E-state index contributed by atoms with van der Waals surface area (Å²) in [5.41, 5.74) is 1.22. The Morgan fingerprint density at radius 3 is 2.72 bits per heavy atom. The van der Waals surface area contributed by atoms with E-state index < -0.39 is 0 Å². The van der Waals surface area contributed by atoms with Crippen molar-refractivity contribution in [1.29, 1.82) is 0 Å². The number of hydrogen-bond acceptors (Lipinski definition) is 4. The van der Waals surface area contributed by atoms with E-state index in [1.807, 2.05) is 12.3 Å². The first kappa shape index (κ1) is 13.1. The number of piperidine rings is 1. The second-order valence-electron chi connectivity index (χ2n) is 4.95. The van der Waals surface area contributed by atoms with Crippen LogP contribution in [-0.4, -0.2) is 44.8 Å². The van der Waals surface area contributed by atoms with Gasteiger partial charge in [-0.05, 0) is 45.0 Å². The predicted molar refractivity (Wildman–Crippen MR) is 77.5 cm³/mol. The van der Waals surface area contributed by atoms with Gasteiger partial charge in [0.1, 0.15) is 0 Å². The highest BCUT2D eigenvalue weighted by atomic mass is 15.2. The number of anilines is 2. The molecule has 1 fully saturated rings. The van der Waals surface area contributed by atoms with Crippen molar-refractivity contribution >= 4 is 11.5 Å². The molecule has 2 heterocycles. The molecule has 0 radical (unpaired) electrons. The quantitative estimate of drug-likeness (QED) is 0.879. The second-order valence-corrected chi connectivity index (χ2v) is 4.95. The molecule has 0 bridgehead atoms. The minimum Gasteiger partial charge on any atom is -0.372 e. The third-order valence-electron chi connectivity index (χ3n) is 3.84. The number of hydrogen-bond donors (Lipinski definition) is 1. The maximum absolute atomic E-state index is 4.59. The standard InChI is InChI=1S/C14H24N4/c1-4-17(2)13-6-5-9-16-14(13)18(3)12-7-10-15-11-8-12/h5-6,9,12,15H,4,7-8,10-11H2,1-3H3. The zero-order chi connectivity index (χ0) is 13.0. The Morgan fingerprint density at radius 2 is 2.06 bits per heavy atom. The summed E-state index contributed by atoms with van der Waals surface area (Å²) in [4.78, 5) is 9.19. The van der Waals surface area contributed by atoms with Crippen molar-refractivity contribution in [2.75, 3.05) is 43.5 Å². The van der Waals surface area contributed by atoms with Gasteiger partial charge in [0, 0.05) is 32.9 Å². The van der Waals surface area contributed by atoms with Gasteiger partial charge in [-0.2, -0.15) is 0 Å². The van der Waals surface area contributed by atoms with Gasteiger partial charge < -0.3 is 15.1 Å². The molecule has 0 spiro atoms. The predicted octanol–water partition coefficient (Wildman–Crippen LogP) is 1.73. The summed E-state index contributed by atoms with van der Waals surface area (Å²) in [7, 11) is 4.29. The van der Waals surface area contributed by atoms with Gasteiger partial charge >= 0.3 is 0 Å². The molecule has 0 aliphatic carbocycles. The molecule has 1 aromatic rings. The molecule has 0 saturated carbocycles. The summed E-state index contributed by atoms with van der Waals surface area (Å²) in [6.45, 7) is 5.39. The Hall–Kier alpha value is -1.29. The number of nitrogens with zero attached hydrogens (tertiary/aromatic N) is 3. The lowest BCUT2D eigenvalue weighted by Gasteiger charge is -2.34. The van der Waals surface area contributed by atoms with Gasteiger partial charge in [-0.3, -0.25) is 0 Å². The van der Waals surface area contributed by atoms with Crippen LogP contribution in [-0.2, 0) is 0 Å². The highest BCUT2D eigenvalue weighted by Gasteiger charge is 2.21. The molecule has 1 saturated heterocycles. The Balaban J connectivity index is 2.20. The minimum atomic E-state index is 0.602. The molecular formula is C14H24N4. The zero-order valence-electron chi connectivity index (χ0n) is 11.7. The number of pyridine rings is 1. The molecule has 0 atom stereocenters. The molecule has 4 nitrogen and oxygen atoms in total.